The fourth-order valence-electron chi connectivity index (χ4n) is 2.58. The number of aryl methyl sites for hydroxylation is 1. The number of aromatic amines is 1. The van der Waals surface area contributed by atoms with Gasteiger partial charge in [0.2, 0.25) is 0 Å². The van der Waals surface area contributed by atoms with Gasteiger partial charge in [-0.1, -0.05) is 0 Å². The lowest BCUT2D eigenvalue weighted by atomic mass is 9.87. The van der Waals surface area contributed by atoms with Gasteiger partial charge in [-0.25, -0.2) is 4.98 Å². The van der Waals surface area contributed by atoms with Crippen LogP contribution < -0.4 is 5.56 Å². The summed E-state index contributed by atoms with van der Waals surface area (Å²) in [5.41, 5.74) is 0.866. The Kier molecular flexibility index (Phi) is 3.10. The van der Waals surface area contributed by atoms with E-state index >= 15 is 0 Å². The Morgan fingerprint density at radius 1 is 1.63 bits per heavy atom. The molecular weight excluding hydrogens is 264 g/mol. The van der Waals surface area contributed by atoms with Gasteiger partial charge < -0.3 is 9.72 Å². The molecule has 0 spiro atoms. The van der Waals surface area contributed by atoms with Crippen molar-refractivity contribution in [3.63, 3.8) is 0 Å². The van der Waals surface area contributed by atoms with E-state index in [9.17, 15) is 9.59 Å². The van der Waals surface area contributed by atoms with Gasteiger partial charge in [-0.05, 0) is 31.7 Å². The Morgan fingerprint density at radius 3 is 3.26 bits per heavy atom. The lowest BCUT2D eigenvalue weighted by Gasteiger charge is -2.20. The summed E-state index contributed by atoms with van der Waals surface area (Å²) >= 11 is 1.56. The highest BCUT2D eigenvalue weighted by Gasteiger charge is 2.29. The molecule has 0 bridgehead atoms. The molecule has 2 aromatic rings. The molecule has 3 rings (SSSR count). The Balaban J connectivity index is 2.02. The molecule has 0 aliphatic heterocycles. The van der Waals surface area contributed by atoms with Crippen LogP contribution in [-0.4, -0.2) is 22.5 Å². The van der Waals surface area contributed by atoms with E-state index in [0.717, 1.165) is 23.2 Å². The summed E-state index contributed by atoms with van der Waals surface area (Å²) in [6, 6.07) is 0. The SMILES string of the molecule is CCOC(=O)C1CCc2sc3nc[nH]c(=O)c3c2C1. The van der Waals surface area contributed by atoms with Crippen LogP contribution in [0.2, 0.25) is 0 Å². The molecule has 5 nitrogen and oxygen atoms in total. The summed E-state index contributed by atoms with van der Waals surface area (Å²) in [4.78, 5) is 32.5. The highest BCUT2D eigenvalue weighted by molar-refractivity contribution is 7.18. The summed E-state index contributed by atoms with van der Waals surface area (Å²) < 4.78 is 5.08. The van der Waals surface area contributed by atoms with Crippen LogP contribution >= 0.6 is 11.3 Å². The van der Waals surface area contributed by atoms with E-state index in [4.69, 9.17) is 4.74 Å². The van der Waals surface area contributed by atoms with Gasteiger partial charge in [0.05, 0.1) is 24.2 Å². The van der Waals surface area contributed by atoms with E-state index in [2.05, 4.69) is 9.97 Å². The minimum absolute atomic E-state index is 0.119. The Hall–Kier alpha value is -1.69. The number of hydrogen-bond acceptors (Lipinski definition) is 5. The summed E-state index contributed by atoms with van der Waals surface area (Å²) in [5, 5.41) is 0.650. The molecule has 1 N–H and O–H groups in total. The minimum atomic E-state index is -0.159. The number of thiophene rings is 1. The van der Waals surface area contributed by atoms with Gasteiger partial charge in [0.1, 0.15) is 4.83 Å². The third kappa shape index (κ3) is 2.06. The van der Waals surface area contributed by atoms with Crippen molar-refractivity contribution in [3.05, 3.63) is 27.1 Å². The van der Waals surface area contributed by atoms with Gasteiger partial charge in [0.25, 0.3) is 5.56 Å². The number of carbonyl (C=O) groups excluding carboxylic acids is 1. The van der Waals surface area contributed by atoms with Gasteiger partial charge in [-0.2, -0.15) is 0 Å². The number of H-pyrrole nitrogens is 1. The quantitative estimate of drug-likeness (QED) is 0.848. The smallest absolute Gasteiger partial charge is 0.309 e. The molecule has 2 heterocycles. The maximum atomic E-state index is 11.9. The number of nitrogens with one attached hydrogen (secondary N) is 1. The van der Waals surface area contributed by atoms with Gasteiger partial charge in [-0.3, -0.25) is 9.59 Å². The van der Waals surface area contributed by atoms with E-state index in [1.807, 2.05) is 0 Å². The first-order valence-electron chi connectivity index (χ1n) is 6.35. The first-order chi connectivity index (χ1) is 9.20. The Morgan fingerprint density at radius 2 is 2.47 bits per heavy atom. The molecular formula is C13H14N2O3S. The molecule has 0 radical (unpaired) electrons. The summed E-state index contributed by atoms with van der Waals surface area (Å²) in [6.45, 7) is 2.20. The third-order valence-electron chi connectivity index (χ3n) is 3.47. The lowest BCUT2D eigenvalue weighted by molar-refractivity contribution is -0.148. The molecule has 1 aliphatic rings. The molecule has 2 aromatic heterocycles. The molecule has 0 amide bonds. The van der Waals surface area contributed by atoms with Crippen LogP contribution in [0.5, 0.6) is 0 Å². The zero-order valence-electron chi connectivity index (χ0n) is 10.6. The van der Waals surface area contributed by atoms with Gasteiger partial charge in [0, 0.05) is 4.88 Å². The molecule has 6 heteroatoms. The molecule has 0 saturated carbocycles. The molecule has 0 saturated heterocycles. The number of hydrogen-bond donors (Lipinski definition) is 1. The molecule has 1 unspecified atom stereocenters. The van der Waals surface area contributed by atoms with Crippen molar-refractivity contribution in [2.45, 2.75) is 26.2 Å². The van der Waals surface area contributed by atoms with Crippen molar-refractivity contribution in [2.24, 2.45) is 5.92 Å². The van der Waals surface area contributed by atoms with Crippen molar-refractivity contribution < 1.29 is 9.53 Å². The van der Waals surface area contributed by atoms with Crippen molar-refractivity contribution in [3.8, 4) is 0 Å². The number of ether oxygens (including phenoxy) is 1. The topological polar surface area (TPSA) is 72.0 Å². The van der Waals surface area contributed by atoms with E-state index in [1.54, 1.807) is 18.3 Å². The van der Waals surface area contributed by atoms with Crippen molar-refractivity contribution in [2.75, 3.05) is 6.61 Å². The van der Waals surface area contributed by atoms with E-state index < -0.39 is 0 Å². The average Bonchev–Trinajstić information content (AvgIpc) is 2.77. The maximum Gasteiger partial charge on any atom is 0.309 e. The summed E-state index contributed by atoms with van der Waals surface area (Å²) in [5.74, 6) is -0.294. The lowest BCUT2D eigenvalue weighted by Crippen LogP contribution is -2.24. The zero-order valence-corrected chi connectivity index (χ0v) is 11.4. The second-order valence-electron chi connectivity index (χ2n) is 4.61. The largest absolute Gasteiger partial charge is 0.466 e. The Bertz CT molecular complexity index is 689. The monoisotopic (exact) mass is 278 g/mol. The summed E-state index contributed by atoms with van der Waals surface area (Å²) in [6.07, 6.45) is 3.62. The number of carbonyl (C=O) groups is 1. The predicted octanol–water partition coefficient (Wildman–Crippen LogP) is 1.65. The fraction of sp³-hybridized carbons (Fsp3) is 0.462. The molecule has 19 heavy (non-hydrogen) atoms. The van der Waals surface area contributed by atoms with Gasteiger partial charge >= 0.3 is 5.97 Å². The van der Waals surface area contributed by atoms with Crippen molar-refractivity contribution in [1.82, 2.24) is 9.97 Å². The van der Waals surface area contributed by atoms with Crippen LogP contribution in [0, 0.1) is 5.92 Å². The molecule has 0 fully saturated rings. The number of aromatic nitrogens is 2. The standard InChI is InChI=1S/C13H14N2O3S/c1-2-18-13(17)7-3-4-9-8(5-7)10-11(16)14-6-15-12(10)19-9/h6-7H,2-5H2,1H3,(H,14,15,16). The maximum absolute atomic E-state index is 11.9. The number of esters is 1. The van der Waals surface area contributed by atoms with Crippen LogP contribution in [0.25, 0.3) is 10.2 Å². The Labute approximate surface area is 113 Å². The number of nitrogens with zero attached hydrogens (tertiary/aromatic N) is 1. The van der Waals surface area contributed by atoms with Crippen LogP contribution in [0.3, 0.4) is 0 Å². The highest BCUT2D eigenvalue weighted by atomic mass is 32.1. The van der Waals surface area contributed by atoms with Crippen molar-refractivity contribution in [1.29, 1.82) is 0 Å². The predicted molar refractivity (Wildman–Crippen MR) is 72.4 cm³/mol. The number of rotatable bonds is 2. The summed E-state index contributed by atoms with van der Waals surface area (Å²) in [7, 11) is 0. The fourth-order valence-corrected chi connectivity index (χ4v) is 3.76. The third-order valence-corrected chi connectivity index (χ3v) is 4.67. The van der Waals surface area contributed by atoms with Crippen LogP contribution in [0.1, 0.15) is 23.8 Å². The normalized spacial score (nSPS) is 18.3. The second-order valence-corrected chi connectivity index (χ2v) is 5.69. The first-order valence-corrected chi connectivity index (χ1v) is 7.17. The van der Waals surface area contributed by atoms with E-state index in [0.29, 0.717) is 18.4 Å². The van der Waals surface area contributed by atoms with E-state index in [-0.39, 0.29) is 17.4 Å². The van der Waals surface area contributed by atoms with Gasteiger partial charge in [-0.15, -0.1) is 11.3 Å². The van der Waals surface area contributed by atoms with Gasteiger partial charge in [0.15, 0.2) is 0 Å². The first kappa shape index (κ1) is 12.3. The van der Waals surface area contributed by atoms with Crippen molar-refractivity contribution >= 4 is 27.5 Å². The average molecular weight is 278 g/mol. The number of fused-ring (bicyclic) bond motifs is 3. The molecule has 100 valence electrons. The van der Waals surface area contributed by atoms with Crippen LogP contribution in [-0.2, 0) is 22.4 Å². The van der Waals surface area contributed by atoms with Crippen LogP contribution in [0.15, 0.2) is 11.1 Å². The molecule has 0 aromatic carbocycles. The minimum Gasteiger partial charge on any atom is -0.466 e. The molecule has 1 aliphatic carbocycles. The second kappa shape index (κ2) is 4.77. The van der Waals surface area contributed by atoms with E-state index in [1.165, 1.54) is 11.2 Å². The molecule has 1 atom stereocenters. The van der Waals surface area contributed by atoms with Crippen LogP contribution in [0.4, 0.5) is 0 Å². The highest BCUT2D eigenvalue weighted by Crippen LogP contribution is 2.35. The zero-order chi connectivity index (χ0) is 13.4.